The molecular formula is C29H30N4OS. The molecule has 1 amide bonds. The molecule has 1 N–H and O–H groups in total. The van der Waals surface area contributed by atoms with E-state index >= 15 is 0 Å². The van der Waals surface area contributed by atoms with Gasteiger partial charge < -0.3 is 9.62 Å². The maximum absolute atomic E-state index is 13.1. The van der Waals surface area contributed by atoms with E-state index in [-0.39, 0.29) is 16.6 Å². The van der Waals surface area contributed by atoms with Crippen molar-refractivity contribution in [2.75, 3.05) is 30.9 Å². The zero-order valence-electron chi connectivity index (χ0n) is 19.9. The van der Waals surface area contributed by atoms with E-state index in [0.717, 1.165) is 54.9 Å². The van der Waals surface area contributed by atoms with Crippen LogP contribution in [0, 0.1) is 0 Å². The highest BCUT2D eigenvalue weighted by molar-refractivity contribution is 8.16. The fourth-order valence-corrected chi connectivity index (χ4v) is 5.91. The Morgan fingerprint density at radius 2 is 1.66 bits per heavy atom. The molecule has 5 nitrogen and oxygen atoms in total. The second-order valence-corrected chi connectivity index (χ2v) is 10.4. The lowest BCUT2D eigenvalue weighted by Gasteiger charge is -2.34. The topological polar surface area (TPSA) is 48.5 Å². The van der Waals surface area contributed by atoms with E-state index in [1.165, 1.54) is 10.5 Å². The largest absolute Gasteiger partial charge is 0.336 e. The summed E-state index contributed by atoms with van der Waals surface area (Å²) in [5.74, 6) is 0.107. The Labute approximate surface area is 209 Å². The van der Waals surface area contributed by atoms with Gasteiger partial charge in [0.05, 0.1) is 5.52 Å². The lowest BCUT2D eigenvalue weighted by atomic mass is 10.1. The van der Waals surface area contributed by atoms with Gasteiger partial charge >= 0.3 is 0 Å². The molecule has 1 atom stereocenters. The molecule has 1 aliphatic rings. The standard InChI is InChI=1S/C29H30N4OS/c1-2-35(27-12-6-10-24-11-7-17-30-28(24)27)31-26-15-13-25(14-16-26)29(34)33-20-18-32(19-21-33)22-23-8-4-3-5-9-23/h2-17,31H,18-22H2,1H3. The third-order valence-corrected chi connectivity index (χ3v) is 8.07. The van der Waals surface area contributed by atoms with Crippen LogP contribution < -0.4 is 4.72 Å². The molecule has 0 radical (unpaired) electrons. The molecule has 178 valence electrons. The number of nitrogens with one attached hydrogen (secondary N) is 1. The number of carbonyl (C=O) groups excluding carboxylic acids is 1. The zero-order valence-corrected chi connectivity index (χ0v) is 20.7. The van der Waals surface area contributed by atoms with E-state index in [2.05, 4.69) is 75.4 Å². The van der Waals surface area contributed by atoms with E-state index in [1.54, 1.807) is 0 Å². The number of aromatic nitrogens is 1. The van der Waals surface area contributed by atoms with Crippen LogP contribution in [0.1, 0.15) is 22.8 Å². The number of hydrogen-bond acceptors (Lipinski definition) is 4. The Hall–Kier alpha value is -3.48. The van der Waals surface area contributed by atoms with E-state index in [4.69, 9.17) is 0 Å². The van der Waals surface area contributed by atoms with Crippen LogP contribution >= 0.6 is 10.7 Å². The highest BCUT2D eigenvalue weighted by Gasteiger charge is 2.22. The predicted octanol–water partition coefficient (Wildman–Crippen LogP) is 5.67. The van der Waals surface area contributed by atoms with Crippen molar-refractivity contribution in [3.8, 4) is 0 Å². The van der Waals surface area contributed by atoms with Gasteiger partial charge in [0.25, 0.3) is 5.91 Å². The average Bonchev–Trinajstić information content (AvgIpc) is 2.92. The molecule has 35 heavy (non-hydrogen) atoms. The van der Waals surface area contributed by atoms with E-state index in [0.29, 0.717) is 0 Å². The van der Waals surface area contributed by atoms with Gasteiger partial charge in [-0.05, 0) is 54.3 Å². The van der Waals surface area contributed by atoms with Crippen LogP contribution in [-0.2, 0) is 6.54 Å². The summed E-state index contributed by atoms with van der Waals surface area (Å²) in [7, 11) is -0.301. The molecule has 1 aliphatic heterocycles. The first-order valence-corrected chi connectivity index (χ1v) is 13.3. The third kappa shape index (κ3) is 5.45. The second kappa shape index (κ2) is 10.8. The summed E-state index contributed by atoms with van der Waals surface area (Å²) >= 11 is 0. The Morgan fingerprint density at radius 1 is 0.914 bits per heavy atom. The molecule has 4 aromatic rings. The Kier molecular flexibility index (Phi) is 7.21. The number of nitrogens with zero attached hydrogens (tertiary/aromatic N) is 3. The number of anilines is 1. The number of pyridine rings is 1. The number of piperazine rings is 1. The fourth-order valence-electron chi connectivity index (χ4n) is 4.44. The Morgan fingerprint density at radius 3 is 2.40 bits per heavy atom. The summed E-state index contributed by atoms with van der Waals surface area (Å²) in [6.45, 7) is 6.31. The number of hydrogen-bond donors (Lipinski definition) is 1. The van der Waals surface area contributed by atoms with Gasteiger partial charge in [-0.15, -0.1) is 0 Å². The zero-order chi connectivity index (χ0) is 24.0. The van der Waals surface area contributed by atoms with Crippen molar-refractivity contribution >= 4 is 38.5 Å². The van der Waals surface area contributed by atoms with Crippen molar-refractivity contribution in [3.05, 3.63) is 102 Å². The second-order valence-electron chi connectivity index (χ2n) is 8.64. The van der Waals surface area contributed by atoms with Crippen LogP contribution in [0.3, 0.4) is 0 Å². The molecule has 1 fully saturated rings. The molecule has 0 spiro atoms. The number of benzene rings is 3. The lowest BCUT2D eigenvalue weighted by Crippen LogP contribution is -2.48. The normalized spacial score (nSPS) is 15.3. The summed E-state index contributed by atoms with van der Waals surface area (Å²) in [5, 5.41) is 3.30. The molecule has 0 aliphatic carbocycles. The fraction of sp³-hybridized carbons (Fsp3) is 0.207. The number of fused-ring (bicyclic) bond motifs is 1. The van der Waals surface area contributed by atoms with Gasteiger partial charge in [0, 0.05) is 60.5 Å². The minimum absolute atomic E-state index is 0.107. The first-order valence-electron chi connectivity index (χ1n) is 12.0. The third-order valence-electron chi connectivity index (χ3n) is 6.34. The van der Waals surface area contributed by atoms with Crippen LogP contribution in [0.25, 0.3) is 10.9 Å². The summed E-state index contributed by atoms with van der Waals surface area (Å²) in [5.41, 5.74) is 4.06. The van der Waals surface area contributed by atoms with Crippen LogP contribution in [-0.4, -0.2) is 52.2 Å². The van der Waals surface area contributed by atoms with Crippen LogP contribution in [0.2, 0.25) is 0 Å². The molecule has 1 unspecified atom stereocenters. The highest BCUT2D eigenvalue weighted by Crippen LogP contribution is 2.33. The lowest BCUT2D eigenvalue weighted by molar-refractivity contribution is 0.0628. The number of rotatable bonds is 6. The van der Waals surface area contributed by atoms with Gasteiger partial charge in [-0.2, -0.15) is 0 Å². The molecule has 3 aromatic carbocycles. The van der Waals surface area contributed by atoms with Crippen LogP contribution in [0.5, 0.6) is 0 Å². The first kappa shape index (κ1) is 23.3. The number of para-hydroxylation sites is 1. The van der Waals surface area contributed by atoms with Crippen molar-refractivity contribution in [3.63, 3.8) is 0 Å². The summed E-state index contributed by atoms with van der Waals surface area (Å²) in [4.78, 5) is 23.2. The quantitative estimate of drug-likeness (QED) is 0.360. The highest BCUT2D eigenvalue weighted by atomic mass is 32.2. The molecule has 6 heteroatoms. The maximum Gasteiger partial charge on any atom is 0.253 e. The van der Waals surface area contributed by atoms with Gasteiger partial charge in [0.15, 0.2) is 0 Å². The van der Waals surface area contributed by atoms with Gasteiger partial charge in [0.2, 0.25) is 0 Å². The minimum Gasteiger partial charge on any atom is -0.336 e. The monoisotopic (exact) mass is 482 g/mol. The number of carbonyl (C=O) groups is 1. The van der Waals surface area contributed by atoms with Crippen molar-refractivity contribution in [1.82, 2.24) is 14.8 Å². The van der Waals surface area contributed by atoms with Gasteiger partial charge in [-0.3, -0.25) is 14.7 Å². The molecule has 1 aromatic heterocycles. The van der Waals surface area contributed by atoms with Crippen molar-refractivity contribution in [2.45, 2.75) is 18.4 Å². The van der Waals surface area contributed by atoms with E-state index < -0.39 is 0 Å². The van der Waals surface area contributed by atoms with E-state index in [9.17, 15) is 4.79 Å². The summed E-state index contributed by atoms with van der Waals surface area (Å²) in [6, 6.07) is 28.7. The van der Waals surface area contributed by atoms with Crippen molar-refractivity contribution in [2.24, 2.45) is 0 Å². The van der Waals surface area contributed by atoms with Crippen LogP contribution in [0.15, 0.2) is 96.0 Å². The average molecular weight is 483 g/mol. The summed E-state index contributed by atoms with van der Waals surface area (Å²) < 4.78 is 3.61. The molecule has 1 saturated heterocycles. The van der Waals surface area contributed by atoms with Gasteiger partial charge in [0.1, 0.15) is 0 Å². The SMILES string of the molecule is C/C=S(\Nc1ccc(C(=O)N2CCN(Cc3ccccc3)CC2)cc1)c1cccc2cccnc12. The van der Waals surface area contributed by atoms with Crippen molar-refractivity contribution < 1.29 is 4.79 Å². The summed E-state index contributed by atoms with van der Waals surface area (Å²) in [6.07, 6.45) is 1.84. The minimum atomic E-state index is -0.301. The molecule has 0 bridgehead atoms. The van der Waals surface area contributed by atoms with Crippen LogP contribution in [0.4, 0.5) is 5.69 Å². The van der Waals surface area contributed by atoms with Crippen molar-refractivity contribution in [1.29, 1.82) is 0 Å². The molecule has 0 saturated carbocycles. The van der Waals surface area contributed by atoms with Gasteiger partial charge in [-0.25, -0.2) is 0 Å². The first-order chi connectivity index (χ1) is 17.2. The molecule has 5 rings (SSSR count). The van der Waals surface area contributed by atoms with Gasteiger partial charge in [-0.1, -0.05) is 59.2 Å². The molecular weight excluding hydrogens is 452 g/mol. The Bertz CT molecular complexity index is 1320. The molecule has 2 heterocycles. The number of amides is 1. The Balaban J connectivity index is 1.21. The maximum atomic E-state index is 13.1. The van der Waals surface area contributed by atoms with E-state index in [1.807, 2.05) is 47.5 Å². The smallest absolute Gasteiger partial charge is 0.253 e. The predicted molar refractivity (Wildman–Crippen MR) is 147 cm³/mol.